The quantitative estimate of drug-likeness (QED) is 0.666. The van der Waals surface area contributed by atoms with E-state index in [9.17, 15) is 10.0 Å². The highest BCUT2D eigenvalue weighted by molar-refractivity contribution is 8.01. The van der Waals surface area contributed by atoms with E-state index in [1.807, 2.05) is 30.0 Å². The molecule has 2 fully saturated rings. The summed E-state index contributed by atoms with van der Waals surface area (Å²) in [6.45, 7) is 0. The van der Waals surface area contributed by atoms with Crippen molar-refractivity contribution in [1.82, 2.24) is 0 Å². The maximum Gasteiger partial charge on any atom is 0.108 e. The van der Waals surface area contributed by atoms with Crippen LogP contribution in [0, 0.1) is 10.8 Å². The van der Waals surface area contributed by atoms with Crippen molar-refractivity contribution in [3.05, 3.63) is 64.6 Å². The normalized spacial score (nSPS) is 30.9. The Kier molecular flexibility index (Phi) is 4.17. The molecule has 27 heavy (non-hydrogen) atoms. The van der Waals surface area contributed by atoms with Crippen LogP contribution in [0.1, 0.15) is 55.6 Å². The van der Waals surface area contributed by atoms with E-state index in [4.69, 9.17) is 0 Å². The van der Waals surface area contributed by atoms with Crippen molar-refractivity contribution in [2.24, 2.45) is 11.1 Å². The first-order chi connectivity index (χ1) is 13.1. The molecule has 0 radical (unpaired) electrons. The summed E-state index contributed by atoms with van der Waals surface area (Å²) in [7, 11) is 0. The zero-order chi connectivity index (χ0) is 18.5. The third-order valence-electron chi connectivity index (χ3n) is 7.08. The molecular formula is C23H25NO2S. The van der Waals surface area contributed by atoms with E-state index < -0.39 is 5.60 Å². The highest BCUT2D eigenvalue weighted by Gasteiger charge is 2.61. The van der Waals surface area contributed by atoms with E-state index in [0.29, 0.717) is 17.5 Å². The first kappa shape index (κ1) is 17.4. The molecule has 1 N–H and O–H groups in total. The van der Waals surface area contributed by atoms with Gasteiger partial charge in [-0.15, -0.1) is 16.7 Å². The van der Waals surface area contributed by atoms with E-state index in [1.165, 1.54) is 16.0 Å². The summed E-state index contributed by atoms with van der Waals surface area (Å²) in [5.41, 5.74) is 2.53. The highest BCUT2D eigenvalue weighted by atomic mass is 32.2. The molecule has 0 spiro atoms. The van der Waals surface area contributed by atoms with Crippen LogP contribution >= 0.6 is 11.8 Å². The Morgan fingerprint density at radius 1 is 1.04 bits per heavy atom. The van der Waals surface area contributed by atoms with Gasteiger partial charge in [-0.2, -0.15) is 0 Å². The molecule has 3 nitrogen and oxygen atoms in total. The van der Waals surface area contributed by atoms with Crippen molar-refractivity contribution in [2.75, 3.05) is 0 Å². The summed E-state index contributed by atoms with van der Waals surface area (Å²) in [5, 5.41) is 14.9. The zero-order valence-electron chi connectivity index (χ0n) is 15.4. The second-order valence-electron chi connectivity index (χ2n) is 8.56. The number of fused-ring (bicyclic) bond motifs is 3. The van der Waals surface area contributed by atoms with Crippen molar-refractivity contribution >= 4 is 17.4 Å². The van der Waals surface area contributed by atoms with Crippen LogP contribution in [-0.2, 0) is 6.42 Å². The summed E-state index contributed by atoms with van der Waals surface area (Å²) in [6.07, 6.45) is 7.25. The smallest absolute Gasteiger partial charge is 0.108 e. The number of thioether (sulfide) groups is 1. The van der Waals surface area contributed by atoms with Crippen LogP contribution in [0.25, 0.3) is 0 Å². The molecule has 140 valence electrons. The zero-order valence-corrected chi connectivity index (χ0v) is 16.3. The fourth-order valence-corrected chi connectivity index (χ4v) is 6.87. The number of benzene rings is 2. The summed E-state index contributed by atoms with van der Waals surface area (Å²) >= 11 is 1.88. The summed E-state index contributed by atoms with van der Waals surface area (Å²) in [4.78, 5) is 12.2. The van der Waals surface area contributed by atoms with Gasteiger partial charge in [-0.3, -0.25) is 0 Å². The highest BCUT2D eigenvalue weighted by Crippen LogP contribution is 2.64. The van der Waals surface area contributed by atoms with E-state index in [2.05, 4.69) is 35.5 Å². The molecule has 0 aromatic heterocycles. The second kappa shape index (κ2) is 6.46. The van der Waals surface area contributed by atoms with Crippen molar-refractivity contribution in [2.45, 2.75) is 66.1 Å². The molecule has 3 aliphatic rings. The van der Waals surface area contributed by atoms with Gasteiger partial charge in [-0.1, -0.05) is 24.3 Å². The van der Waals surface area contributed by atoms with Crippen molar-refractivity contribution < 1.29 is 5.11 Å². The Bertz CT molecular complexity index is 864. The molecule has 0 saturated heterocycles. The van der Waals surface area contributed by atoms with E-state index in [1.54, 1.807) is 0 Å². The average molecular weight is 380 g/mol. The van der Waals surface area contributed by atoms with Crippen molar-refractivity contribution in [1.29, 1.82) is 0 Å². The van der Waals surface area contributed by atoms with Crippen LogP contribution in [0.15, 0.2) is 58.6 Å². The van der Waals surface area contributed by atoms with Gasteiger partial charge in [0.15, 0.2) is 0 Å². The van der Waals surface area contributed by atoms with Gasteiger partial charge in [0.1, 0.15) is 5.69 Å². The van der Waals surface area contributed by atoms with E-state index >= 15 is 0 Å². The lowest BCUT2D eigenvalue weighted by molar-refractivity contribution is -0.0298. The van der Waals surface area contributed by atoms with Crippen molar-refractivity contribution in [3.63, 3.8) is 0 Å². The Hall–Kier alpha value is -1.65. The van der Waals surface area contributed by atoms with Crippen LogP contribution < -0.4 is 0 Å². The molecule has 3 aliphatic carbocycles. The lowest BCUT2D eigenvalue weighted by Crippen LogP contribution is -2.48. The maximum atomic E-state index is 11.8. The molecule has 0 heterocycles. The van der Waals surface area contributed by atoms with Crippen molar-refractivity contribution in [3.8, 4) is 0 Å². The van der Waals surface area contributed by atoms with Gasteiger partial charge >= 0.3 is 0 Å². The minimum absolute atomic E-state index is 0.0266. The summed E-state index contributed by atoms with van der Waals surface area (Å²) in [5.74, 6) is 1.06. The van der Waals surface area contributed by atoms with Crippen LogP contribution in [0.5, 0.6) is 0 Å². The van der Waals surface area contributed by atoms with Gasteiger partial charge in [0.25, 0.3) is 0 Å². The standard InChI is InChI=1S/C23H25NO2S/c25-22(23(12-13-23)27-19-4-2-1-3-5-19)11-10-16-6-7-17-14-18(24-26)8-9-20(17)21(16)15-22/h1-5,8-9,14,16,21,25H,6-7,10-13,15H2/t16?,21?,22-/m0/s1. The SMILES string of the molecule is O=Nc1ccc2c(c1)CCC1CC[C@@](O)(C3(Sc4ccccc4)CC3)CC21. The Morgan fingerprint density at radius 2 is 1.85 bits per heavy atom. The van der Waals surface area contributed by atoms with Crippen LogP contribution in [-0.4, -0.2) is 15.5 Å². The molecule has 2 saturated carbocycles. The fraction of sp³-hybridized carbons (Fsp3) is 0.478. The maximum absolute atomic E-state index is 11.8. The number of hydrogen-bond donors (Lipinski definition) is 1. The molecule has 0 bridgehead atoms. The monoisotopic (exact) mass is 379 g/mol. The predicted octanol–water partition coefficient (Wildman–Crippen LogP) is 5.97. The fourth-order valence-electron chi connectivity index (χ4n) is 5.44. The number of hydrogen-bond acceptors (Lipinski definition) is 4. The molecule has 2 unspecified atom stereocenters. The molecule has 0 amide bonds. The van der Waals surface area contributed by atoms with Gasteiger partial charge in [-0.05, 0) is 97.4 Å². The summed E-state index contributed by atoms with van der Waals surface area (Å²) < 4.78 is -0.0266. The number of aryl methyl sites for hydroxylation is 1. The topological polar surface area (TPSA) is 49.7 Å². The molecule has 5 rings (SSSR count). The lowest BCUT2D eigenvalue weighted by atomic mass is 9.62. The average Bonchev–Trinajstić information content (AvgIpc) is 3.49. The third-order valence-corrected chi connectivity index (χ3v) is 8.77. The molecule has 4 heteroatoms. The first-order valence-corrected chi connectivity index (χ1v) is 10.9. The largest absolute Gasteiger partial charge is 0.388 e. The molecule has 2 aromatic rings. The van der Waals surface area contributed by atoms with Gasteiger partial charge in [0, 0.05) is 9.64 Å². The number of nitrogens with zero attached hydrogens (tertiary/aromatic N) is 1. The Morgan fingerprint density at radius 3 is 2.59 bits per heavy atom. The molecule has 3 atom stereocenters. The predicted molar refractivity (Wildman–Crippen MR) is 110 cm³/mol. The second-order valence-corrected chi connectivity index (χ2v) is 10.0. The Labute approximate surface area is 164 Å². The van der Waals surface area contributed by atoms with Gasteiger partial charge in [0.05, 0.1) is 5.60 Å². The lowest BCUT2D eigenvalue weighted by Gasteiger charge is -2.48. The first-order valence-electron chi connectivity index (χ1n) is 10.1. The van der Waals surface area contributed by atoms with Gasteiger partial charge in [0.2, 0.25) is 0 Å². The Balaban J connectivity index is 1.43. The van der Waals surface area contributed by atoms with E-state index in [0.717, 1.165) is 44.9 Å². The number of rotatable bonds is 4. The third kappa shape index (κ3) is 2.94. The van der Waals surface area contributed by atoms with Gasteiger partial charge in [-0.25, -0.2) is 0 Å². The number of nitroso groups, excluding NO2 is 1. The summed E-state index contributed by atoms with van der Waals surface area (Å²) in [6, 6.07) is 16.4. The van der Waals surface area contributed by atoms with Crippen LogP contribution in [0.3, 0.4) is 0 Å². The van der Waals surface area contributed by atoms with Gasteiger partial charge < -0.3 is 5.11 Å². The minimum Gasteiger partial charge on any atom is -0.388 e. The number of aliphatic hydroxyl groups is 1. The molecular weight excluding hydrogens is 354 g/mol. The molecule has 2 aromatic carbocycles. The van der Waals surface area contributed by atoms with E-state index in [-0.39, 0.29) is 4.75 Å². The van der Waals surface area contributed by atoms with Crippen LogP contribution in [0.4, 0.5) is 5.69 Å². The minimum atomic E-state index is -0.606. The van der Waals surface area contributed by atoms with Crippen LogP contribution in [0.2, 0.25) is 0 Å². The molecule has 0 aliphatic heterocycles.